The summed E-state index contributed by atoms with van der Waals surface area (Å²) < 4.78 is 4.89. The SMILES string of the molecule is CSCOC[C@H](O)CO. The Balaban J connectivity index is 2.88. The Hall–Kier alpha value is 0.230. The van der Waals surface area contributed by atoms with E-state index in [0.29, 0.717) is 5.94 Å². The van der Waals surface area contributed by atoms with Gasteiger partial charge in [0.05, 0.1) is 19.2 Å². The molecule has 9 heavy (non-hydrogen) atoms. The van der Waals surface area contributed by atoms with Crippen molar-refractivity contribution >= 4 is 11.8 Å². The molecule has 0 saturated carbocycles. The van der Waals surface area contributed by atoms with Crippen LogP contribution in [0.5, 0.6) is 0 Å². The number of aliphatic hydroxyl groups is 2. The number of rotatable bonds is 5. The summed E-state index contributed by atoms with van der Waals surface area (Å²) in [6.45, 7) is -0.00821. The summed E-state index contributed by atoms with van der Waals surface area (Å²) in [7, 11) is 0. The van der Waals surface area contributed by atoms with Gasteiger partial charge in [0.1, 0.15) is 6.10 Å². The molecule has 0 amide bonds. The lowest BCUT2D eigenvalue weighted by Gasteiger charge is -2.05. The standard InChI is InChI=1S/C5H12O3S/c1-9-4-8-3-5(7)2-6/h5-7H,2-4H2,1H3/t5-/m1/s1. The van der Waals surface area contributed by atoms with Gasteiger partial charge in [0.25, 0.3) is 0 Å². The third-order valence-electron chi connectivity index (χ3n) is 0.722. The largest absolute Gasteiger partial charge is 0.394 e. The minimum absolute atomic E-state index is 0.220. The van der Waals surface area contributed by atoms with Crippen LogP contribution >= 0.6 is 11.8 Å². The van der Waals surface area contributed by atoms with Gasteiger partial charge in [-0.15, -0.1) is 11.8 Å². The van der Waals surface area contributed by atoms with Gasteiger partial charge >= 0.3 is 0 Å². The second-order valence-corrected chi connectivity index (χ2v) is 2.43. The van der Waals surface area contributed by atoms with Crippen molar-refractivity contribution in [2.24, 2.45) is 0 Å². The van der Waals surface area contributed by atoms with Gasteiger partial charge in [-0.1, -0.05) is 0 Å². The minimum Gasteiger partial charge on any atom is -0.394 e. The molecule has 1 atom stereocenters. The number of thioether (sulfide) groups is 1. The van der Waals surface area contributed by atoms with Crippen molar-refractivity contribution in [3.05, 3.63) is 0 Å². The molecule has 56 valence electrons. The van der Waals surface area contributed by atoms with Crippen molar-refractivity contribution in [2.45, 2.75) is 6.10 Å². The van der Waals surface area contributed by atoms with Crippen molar-refractivity contribution in [1.82, 2.24) is 0 Å². The molecule has 0 bridgehead atoms. The molecule has 0 spiro atoms. The Morgan fingerprint density at radius 1 is 1.67 bits per heavy atom. The van der Waals surface area contributed by atoms with E-state index < -0.39 is 6.10 Å². The Bertz CT molecular complexity index is 60.2. The topological polar surface area (TPSA) is 49.7 Å². The van der Waals surface area contributed by atoms with E-state index in [1.165, 1.54) is 11.8 Å². The summed E-state index contributed by atoms with van der Waals surface area (Å²) in [5.41, 5.74) is 0. The molecule has 0 aromatic rings. The summed E-state index contributed by atoms with van der Waals surface area (Å²) in [6, 6.07) is 0. The normalized spacial score (nSPS) is 13.7. The van der Waals surface area contributed by atoms with Crippen LogP contribution in [-0.2, 0) is 4.74 Å². The summed E-state index contributed by atoms with van der Waals surface area (Å²) in [4.78, 5) is 0. The molecule has 0 heterocycles. The molecule has 0 fully saturated rings. The minimum atomic E-state index is -0.725. The molecule has 0 aliphatic heterocycles. The van der Waals surface area contributed by atoms with Gasteiger partial charge in [0.15, 0.2) is 0 Å². The van der Waals surface area contributed by atoms with Gasteiger partial charge in [-0.3, -0.25) is 0 Å². The zero-order chi connectivity index (χ0) is 7.11. The van der Waals surface area contributed by atoms with Crippen molar-refractivity contribution < 1.29 is 14.9 Å². The van der Waals surface area contributed by atoms with Gasteiger partial charge in [-0.25, -0.2) is 0 Å². The highest BCUT2D eigenvalue weighted by Crippen LogP contribution is 1.92. The zero-order valence-corrected chi connectivity index (χ0v) is 6.23. The van der Waals surface area contributed by atoms with Crippen LogP contribution in [0, 0.1) is 0 Å². The first-order valence-electron chi connectivity index (χ1n) is 2.67. The smallest absolute Gasteiger partial charge is 0.100 e. The fraction of sp³-hybridized carbons (Fsp3) is 1.00. The lowest BCUT2D eigenvalue weighted by molar-refractivity contribution is 0.0210. The maximum atomic E-state index is 8.70. The molecule has 0 radical (unpaired) electrons. The average molecular weight is 152 g/mol. The Labute approximate surface area is 59.0 Å². The zero-order valence-electron chi connectivity index (χ0n) is 5.41. The van der Waals surface area contributed by atoms with Gasteiger partial charge < -0.3 is 14.9 Å². The molecule has 0 rings (SSSR count). The average Bonchev–Trinajstić information content (AvgIpc) is 1.89. The van der Waals surface area contributed by atoms with Gasteiger partial charge in [0, 0.05) is 0 Å². The quantitative estimate of drug-likeness (QED) is 0.418. The number of ether oxygens (including phenoxy) is 1. The van der Waals surface area contributed by atoms with Crippen LogP contribution < -0.4 is 0 Å². The molecule has 0 aliphatic carbocycles. The predicted molar refractivity (Wildman–Crippen MR) is 37.4 cm³/mol. The molecular formula is C5H12O3S. The highest BCUT2D eigenvalue weighted by molar-refractivity contribution is 7.98. The van der Waals surface area contributed by atoms with Gasteiger partial charge in [-0.05, 0) is 6.26 Å². The maximum absolute atomic E-state index is 8.70. The monoisotopic (exact) mass is 152 g/mol. The van der Waals surface area contributed by atoms with E-state index in [9.17, 15) is 0 Å². The molecule has 3 nitrogen and oxygen atoms in total. The van der Waals surface area contributed by atoms with Crippen LogP contribution in [0.4, 0.5) is 0 Å². The number of hydrogen-bond acceptors (Lipinski definition) is 4. The van der Waals surface area contributed by atoms with E-state index in [0.717, 1.165) is 0 Å². The fourth-order valence-corrected chi connectivity index (χ4v) is 0.583. The molecule has 0 aromatic carbocycles. The van der Waals surface area contributed by atoms with Crippen LogP contribution in [0.25, 0.3) is 0 Å². The fourth-order valence-electron chi connectivity index (χ4n) is 0.320. The van der Waals surface area contributed by atoms with E-state index in [1.54, 1.807) is 0 Å². The summed E-state index contributed by atoms with van der Waals surface area (Å²) in [5, 5.41) is 17.0. The van der Waals surface area contributed by atoms with Crippen LogP contribution in [0.15, 0.2) is 0 Å². The van der Waals surface area contributed by atoms with Crippen molar-refractivity contribution in [3.8, 4) is 0 Å². The highest BCUT2D eigenvalue weighted by Gasteiger charge is 1.99. The molecule has 4 heteroatoms. The van der Waals surface area contributed by atoms with E-state index in [-0.39, 0.29) is 13.2 Å². The number of hydrogen-bond donors (Lipinski definition) is 2. The molecule has 0 unspecified atom stereocenters. The lowest BCUT2D eigenvalue weighted by Crippen LogP contribution is -2.19. The maximum Gasteiger partial charge on any atom is 0.100 e. The van der Waals surface area contributed by atoms with E-state index >= 15 is 0 Å². The van der Waals surface area contributed by atoms with Crippen LogP contribution in [0.3, 0.4) is 0 Å². The van der Waals surface area contributed by atoms with Crippen molar-refractivity contribution in [3.63, 3.8) is 0 Å². The van der Waals surface area contributed by atoms with Crippen molar-refractivity contribution in [1.29, 1.82) is 0 Å². The predicted octanol–water partition coefficient (Wildman–Crippen LogP) is -0.323. The van der Waals surface area contributed by atoms with Crippen LogP contribution in [0.1, 0.15) is 0 Å². The third-order valence-corrected chi connectivity index (χ3v) is 1.12. The van der Waals surface area contributed by atoms with Gasteiger partial charge in [0.2, 0.25) is 0 Å². The summed E-state index contributed by atoms with van der Waals surface area (Å²) in [5.74, 6) is 0.567. The number of aliphatic hydroxyl groups excluding tert-OH is 2. The Morgan fingerprint density at radius 3 is 2.78 bits per heavy atom. The lowest BCUT2D eigenvalue weighted by atomic mass is 10.4. The molecular weight excluding hydrogens is 140 g/mol. The first-order valence-corrected chi connectivity index (χ1v) is 4.06. The summed E-state index contributed by atoms with van der Waals surface area (Å²) >= 11 is 1.54. The second-order valence-electron chi connectivity index (χ2n) is 1.61. The molecule has 0 aliphatic rings. The van der Waals surface area contributed by atoms with Crippen molar-refractivity contribution in [2.75, 3.05) is 25.4 Å². The second kappa shape index (κ2) is 6.35. The molecule has 0 aromatic heterocycles. The highest BCUT2D eigenvalue weighted by atomic mass is 32.2. The first kappa shape index (κ1) is 9.23. The summed E-state index contributed by atoms with van der Waals surface area (Å²) in [6.07, 6.45) is 1.18. The molecule has 2 N–H and O–H groups in total. The third kappa shape index (κ3) is 6.11. The Kier molecular flexibility index (Phi) is 6.51. The molecule has 0 saturated heterocycles. The Morgan fingerprint density at radius 2 is 2.33 bits per heavy atom. The van der Waals surface area contributed by atoms with E-state index in [4.69, 9.17) is 14.9 Å². The first-order chi connectivity index (χ1) is 4.31. The van der Waals surface area contributed by atoms with E-state index in [1.807, 2.05) is 6.26 Å². The van der Waals surface area contributed by atoms with Crippen LogP contribution in [0.2, 0.25) is 0 Å². The van der Waals surface area contributed by atoms with E-state index in [2.05, 4.69) is 0 Å². The van der Waals surface area contributed by atoms with Crippen LogP contribution in [-0.4, -0.2) is 41.7 Å². The van der Waals surface area contributed by atoms with Gasteiger partial charge in [-0.2, -0.15) is 0 Å².